The molecule has 0 spiro atoms. The van der Waals surface area contributed by atoms with E-state index in [0.29, 0.717) is 48.6 Å². The van der Waals surface area contributed by atoms with E-state index >= 15 is 0 Å². The van der Waals surface area contributed by atoms with E-state index in [-0.39, 0.29) is 36.1 Å². The number of likely N-dealkylation sites (tertiary alicyclic amines) is 1. The number of nitrogens with zero attached hydrogens (tertiary/aromatic N) is 2. The number of fused-ring (bicyclic) bond motifs is 1. The van der Waals surface area contributed by atoms with Gasteiger partial charge in [-0.3, -0.25) is 9.59 Å². The number of benzene rings is 2. The van der Waals surface area contributed by atoms with Gasteiger partial charge in [0.1, 0.15) is 11.6 Å². The number of piperidine rings is 1. The lowest BCUT2D eigenvalue weighted by Crippen LogP contribution is -2.40. The number of ether oxygens (including phenoxy) is 1. The highest BCUT2D eigenvalue weighted by atomic mass is 19.1. The highest BCUT2D eigenvalue weighted by molar-refractivity contribution is 5.99. The number of amides is 2. The van der Waals surface area contributed by atoms with E-state index in [4.69, 9.17) is 4.74 Å². The zero-order valence-corrected chi connectivity index (χ0v) is 18.3. The van der Waals surface area contributed by atoms with Gasteiger partial charge < -0.3 is 15.0 Å². The quantitative estimate of drug-likeness (QED) is 0.583. The van der Waals surface area contributed by atoms with Crippen molar-refractivity contribution in [3.8, 4) is 5.75 Å². The third kappa shape index (κ3) is 4.48. The first-order valence-electron chi connectivity index (χ1n) is 11.2. The summed E-state index contributed by atoms with van der Waals surface area (Å²) in [6.07, 6.45) is 1.38. The van der Waals surface area contributed by atoms with E-state index in [1.807, 2.05) is 0 Å². The van der Waals surface area contributed by atoms with Crippen molar-refractivity contribution in [1.82, 2.24) is 9.88 Å². The molecular weight excluding hydrogens is 440 g/mol. The highest BCUT2D eigenvalue weighted by Gasteiger charge is 2.32. The lowest BCUT2D eigenvalue weighted by atomic mass is 9.78. The largest absolute Gasteiger partial charge is 0.482 e. The Kier molecular flexibility index (Phi) is 5.96. The minimum atomic E-state index is -0.555. The molecule has 0 radical (unpaired) electrons. The summed E-state index contributed by atoms with van der Waals surface area (Å²) in [5, 5.41) is 2.73. The van der Waals surface area contributed by atoms with E-state index < -0.39 is 5.95 Å². The van der Waals surface area contributed by atoms with E-state index in [0.717, 1.165) is 5.56 Å². The number of carbonyl (C=O) groups excluding carboxylic acids is 2. The molecule has 1 saturated heterocycles. The van der Waals surface area contributed by atoms with Gasteiger partial charge in [-0.25, -0.2) is 9.37 Å². The number of anilines is 1. The fourth-order valence-electron chi connectivity index (χ4n) is 4.79. The van der Waals surface area contributed by atoms with Crippen molar-refractivity contribution in [1.29, 1.82) is 0 Å². The van der Waals surface area contributed by atoms with Crippen LogP contribution in [-0.2, 0) is 4.79 Å². The Hall–Kier alpha value is -3.81. The second-order valence-corrected chi connectivity index (χ2v) is 8.59. The predicted octanol–water partition coefficient (Wildman–Crippen LogP) is 4.38. The molecular formula is C26H23F2N3O3. The summed E-state index contributed by atoms with van der Waals surface area (Å²) in [5.41, 5.74) is 2.44. The SMILES string of the molecule is O=C1COc2ccc(C(=O)N3CCC([C@H](c4ccc(F)cc4)c4cccc(F)n4)CC3)cc2N1. The molecule has 8 heteroatoms. The minimum Gasteiger partial charge on any atom is -0.482 e. The van der Waals surface area contributed by atoms with Gasteiger partial charge in [0.2, 0.25) is 5.95 Å². The summed E-state index contributed by atoms with van der Waals surface area (Å²) in [7, 11) is 0. The lowest BCUT2D eigenvalue weighted by Gasteiger charge is -2.36. The summed E-state index contributed by atoms with van der Waals surface area (Å²) < 4.78 is 32.8. The molecule has 174 valence electrons. The van der Waals surface area contributed by atoms with Gasteiger partial charge >= 0.3 is 0 Å². The molecule has 2 aliphatic rings. The molecule has 1 atom stereocenters. The first-order chi connectivity index (χ1) is 16.5. The Balaban J connectivity index is 1.33. The number of hydrogen-bond donors (Lipinski definition) is 1. The van der Waals surface area contributed by atoms with Gasteiger partial charge in [0, 0.05) is 24.6 Å². The minimum absolute atomic E-state index is 0.0385. The van der Waals surface area contributed by atoms with Gasteiger partial charge in [-0.1, -0.05) is 18.2 Å². The van der Waals surface area contributed by atoms with Crippen molar-refractivity contribution in [2.45, 2.75) is 18.8 Å². The summed E-state index contributed by atoms with van der Waals surface area (Å²) >= 11 is 0. The van der Waals surface area contributed by atoms with Crippen LogP contribution >= 0.6 is 0 Å². The molecule has 0 bridgehead atoms. The molecule has 3 heterocycles. The third-order valence-corrected chi connectivity index (χ3v) is 6.44. The van der Waals surface area contributed by atoms with Crippen LogP contribution < -0.4 is 10.1 Å². The molecule has 1 N–H and O–H groups in total. The van der Waals surface area contributed by atoms with Gasteiger partial charge in [-0.15, -0.1) is 0 Å². The maximum Gasteiger partial charge on any atom is 0.262 e. The Bertz CT molecular complexity index is 1220. The molecule has 2 aromatic carbocycles. The van der Waals surface area contributed by atoms with Gasteiger partial charge in [0.05, 0.1) is 11.4 Å². The molecule has 0 unspecified atom stereocenters. The molecule has 6 nitrogen and oxygen atoms in total. The summed E-state index contributed by atoms with van der Waals surface area (Å²) in [6.45, 7) is 1.01. The van der Waals surface area contributed by atoms with E-state index in [9.17, 15) is 18.4 Å². The van der Waals surface area contributed by atoms with Crippen LogP contribution in [0, 0.1) is 17.7 Å². The van der Waals surface area contributed by atoms with Crippen molar-refractivity contribution in [3.05, 3.63) is 89.2 Å². The predicted molar refractivity (Wildman–Crippen MR) is 122 cm³/mol. The summed E-state index contributed by atoms with van der Waals surface area (Å²) in [5.74, 6) is -0.814. The van der Waals surface area contributed by atoms with Crippen LogP contribution in [0.4, 0.5) is 14.5 Å². The highest BCUT2D eigenvalue weighted by Crippen LogP contribution is 2.38. The van der Waals surface area contributed by atoms with Crippen molar-refractivity contribution < 1.29 is 23.1 Å². The molecule has 5 rings (SSSR count). The Labute approximate surface area is 195 Å². The third-order valence-electron chi connectivity index (χ3n) is 6.44. The fraction of sp³-hybridized carbons (Fsp3) is 0.269. The average molecular weight is 463 g/mol. The smallest absolute Gasteiger partial charge is 0.262 e. The van der Waals surface area contributed by atoms with Crippen LogP contribution in [0.3, 0.4) is 0 Å². The molecule has 2 aliphatic heterocycles. The van der Waals surface area contributed by atoms with Crippen LogP contribution in [0.25, 0.3) is 0 Å². The average Bonchev–Trinajstić information content (AvgIpc) is 2.85. The Morgan fingerprint density at radius 2 is 1.82 bits per heavy atom. The van der Waals surface area contributed by atoms with Gasteiger partial charge in [0.25, 0.3) is 11.8 Å². The van der Waals surface area contributed by atoms with E-state index in [1.165, 1.54) is 18.2 Å². The lowest BCUT2D eigenvalue weighted by molar-refractivity contribution is -0.118. The van der Waals surface area contributed by atoms with Crippen LogP contribution in [-0.4, -0.2) is 41.4 Å². The van der Waals surface area contributed by atoms with Gasteiger partial charge in [-0.2, -0.15) is 4.39 Å². The first-order valence-corrected chi connectivity index (χ1v) is 11.2. The molecule has 1 fully saturated rings. The van der Waals surface area contributed by atoms with E-state index in [2.05, 4.69) is 10.3 Å². The number of rotatable bonds is 4. The number of pyridine rings is 1. The first kappa shape index (κ1) is 22.0. The maximum absolute atomic E-state index is 13.9. The number of carbonyl (C=O) groups is 2. The monoisotopic (exact) mass is 463 g/mol. The zero-order chi connectivity index (χ0) is 23.7. The standard InChI is InChI=1S/C26H23F2N3O3/c27-19-7-4-16(5-8-19)25(20-2-1-3-23(28)29-20)17-10-12-31(13-11-17)26(33)18-6-9-22-21(14-18)30-24(32)15-34-22/h1-9,14,17,25H,10-13,15H2,(H,30,32)/t25-/m0/s1. The normalized spacial score (nSPS) is 16.9. The molecule has 1 aromatic heterocycles. The van der Waals surface area contributed by atoms with Crippen molar-refractivity contribution in [3.63, 3.8) is 0 Å². The molecule has 34 heavy (non-hydrogen) atoms. The maximum atomic E-state index is 13.9. The fourth-order valence-corrected chi connectivity index (χ4v) is 4.79. The van der Waals surface area contributed by atoms with Crippen molar-refractivity contribution in [2.24, 2.45) is 5.92 Å². The van der Waals surface area contributed by atoms with Crippen LogP contribution in [0.5, 0.6) is 5.75 Å². The molecule has 2 amide bonds. The van der Waals surface area contributed by atoms with Gasteiger partial charge in [-0.05, 0) is 66.8 Å². The Morgan fingerprint density at radius 3 is 2.56 bits per heavy atom. The second-order valence-electron chi connectivity index (χ2n) is 8.59. The topological polar surface area (TPSA) is 71.5 Å². The van der Waals surface area contributed by atoms with Crippen LogP contribution in [0.2, 0.25) is 0 Å². The van der Waals surface area contributed by atoms with Crippen LogP contribution in [0.15, 0.2) is 60.7 Å². The number of nitrogens with one attached hydrogen (secondary N) is 1. The molecule has 0 aliphatic carbocycles. The number of halogens is 2. The number of hydrogen-bond acceptors (Lipinski definition) is 4. The van der Waals surface area contributed by atoms with Gasteiger partial charge in [0.15, 0.2) is 6.61 Å². The molecule has 3 aromatic rings. The summed E-state index contributed by atoms with van der Waals surface area (Å²) in [6, 6.07) is 16.0. The van der Waals surface area contributed by atoms with Crippen molar-refractivity contribution in [2.75, 3.05) is 25.0 Å². The van der Waals surface area contributed by atoms with E-state index in [1.54, 1.807) is 47.4 Å². The zero-order valence-electron chi connectivity index (χ0n) is 18.3. The summed E-state index contributed by atoms with van der Waals surface area (Å²) in [4.78, 5) is 30.6. The number of aromatic nitrogens is 1. The van der Waals surface area contributed by atoms with Crippen molar-refractivity contribution >= 4 is 17.5 Å². The Morgan fingerprint density at radius 1 is 1.06 bits per heavy atom. The second kappa shape index (κ2) is 9.21. The molecule has 0 saturated carbocycles. The van der Waals surface area contributed by atoms with Crippen LogP contribution in [0.1, 0.15) is 40.4 Å².